The zero-order valence-electron chi connectivity index (χ0n) is 16.8. The highest BCUT2D eigenvalue weighted by Gasteiger charge is 2.47. The Morgan fingerprint density at radius 2 is 1.72 bits per heavy atom. The molecular weight excluding hydrogens is 453 g/mol. The van der Waals surface area contributed by atoms with E-state index in [9.17, 15) is 19.8 Å². The monoisotopic (exact) mass is 469 g/mol. The summed E-state index contributed by atoms with van der Waals surface area (Å²) in [4.78, 5) is 27.4. The Labute approximate surface area is 193 Å². The summed E-state index contributed by atoms with van der Waals surface area (Å²) in [5.41, 5.74) is 1.04. The number of hydrogen-bond acceptors (Lipinski definition) is 5. The van der Waals surface area contributed by atoms with Crippen LogP contribution in [-0.4, -0.2) is 29.0 Å². The predicted octanol–water partition coefficient (Wildman–Crippen LogP) is 5.33. The van der Waals surface area contributed by atoms with E-state index in [1.54, 1.807) is 48.5 Å². The van der Waals surface area contributed by atoms with E-state index in [0.29, 0.717) is 27.6 Å². The number of Topliss-reactive ketones (excluding diaryl/α,β-unsaturated/α-hetero) is 1. The number of rotatable bonds is 4. The lowest BCUT2D eigenvalue weighted by molar-refractivity contribution is -0.132. The molecule has 1 aliphatic heterocycles. The van der Waals surface area contributed by atoms with E-state index >= 15 is 0 Å². The Morgan fingerprint density at radius 1 is 1.00 bits per heavy atom. The van der Waals surface area contributed by atoms with Crippen LogP contribution in [0.2, 0.25) is 10.0 Å². The number of ketones is 1. The van der Waals surface area contributed by atoms with Crippen LogP contribution in [-0.2, 0) is 9.59 Å². The second kappa shape index (κ2) is 8.57. The molecule has 4 rings (SSSR count). The molecule has 1 saturated heterocycles. The average Bonchev–Trinajstić information content (AvgIpc) is 3.06. The Hall–Kier alpha value is -3.48. The lowest BCUT2D eigenvalue weighted by Gasteiger charge is -2.25. The van der Waals surface area contributed by atoms with Crippen LogP contribution in [0.25, 0.3) is 5.76 Å². The molecular formula is C24H17Cl2NO5. The van der Waals surface area contributed by atoms with Crippen LogP contribution < -0.4 is 9.64 Å². The van der Waals surface area contributed by atoms with Crippen LogP contribution >= 0.6 is 23.2 Å². The van der Waals surface area contributed by atoms with Crippen molar-refractivity contribution < 1.29 is 24.5 Å². The fourth-order valence-corrected chi connectivity index (χ4v) is 4.01. The molecule has 0 saturated carbocycles. The van der Waals surface area contributed by atoms with Gasteiger partial charge in [0.15, 0.2) is 0 Å². The number of carbonyl (C=O) groups is 2. The number of amides is 1. The molecule has 0 aromatic heterocycles. The number of benzene rings is 3. The van der Waals surface area contributed by atoms with Gasteiger partial charge in [-0.2, -0.15) is 0 Å². The Kier molecular flexibility index (Phi) is 5.82. The average molecular weight is 470 g/mol. The van der Waals surface area contributed by atoms with Gasteiger partial charge in [-0.3, -0.25) is 14.5 Å². The van der Waals surface area contributed by atoms with Gasteiger partial charge < -0.3 is 14.9 Å². The maximum Gasteiger partial charge on any atom is 0.300 e. The van der Waals surface area contributed by atoms with Gasteiger partial charge in [0.1, 0.15) is 17.3 Å². The number of nitrogens with zero attached hydrogens (tertiary/aromatic N) is 1. The topological polar surface area (TPSA) is 87.1 Å². The molecule has 3 aromatic rings. The van der Waals surface area contributed by atoms with Gasteiger partial charge in [-0.1, -0.05) is 35.3 Å². The minimum atomic E-state index is -0.992. The summed E-state index contributed by atoms with van der Waals surface area (Å²) >= 11 is 12.2. The second-order valence-corrected chi connectivity index (χ2v) is 7.93. The van der Waals surface area contributed by atoms with E-state index in [4.69, 9.17) is 27.9 Å². The number of carbonyl (C=O) groups excluding carboxylic acids is 2. The first kappa shape index (κ1) is 21.7. The van der Waals surface area contributed by atoms with Gasteiger partial charge in [0.25, 0.3) is 11.7 Å². The highest BCUT2D eigenvalue weighted by molar-refractivity contribution is 6.52. The highest BCUT2D eigenvalue weighted by atomic mass is 35.5. The van der Waals surface area contributed by atoms with Gasteiger partial charge in [-0.25, -0.2) is 0 Å². The van der Waals surface area contributed by atoms with Gasteiger partial charge in [0.05, 0.1) is 23.7 Å². The highest BCUT2D eigenvalue weighted by Crippen LogP contribution is 2.44. The molecule has 3 aromatic carbocycles. The number of hydrogen-bond donors (Lipinski definition) is 2. The molecule has 2 N–H and O–H groups in total. The van der Waals surface area contributed by atoms with Crippen molar-refractivity contribution in [3.05, 3.63) is 93.5 Å². The number of anilines is 1. The number of halogens is 2. The molecule has 0 radical (unpaired) electrons. The summed E-state index contributed by atoms with van der Waals surface area (Å²) in [5.74, 6) is -1.60. The summed E-state index contributed by atoms with van der Waals surface area (Å²) in [6.45, 7) is 0. The molecule has 6 nitrogen and oxygen atoms in total. The maximum absolute atomic E-state index is 13.1. The first-order valence-corrected chi connectivity index (χ1v) is 10.3. The number of aliphatic hydroxyl groups excluding tert-OH is 1. The molecule has 8 heteroatoms. The van der Waals surface area contributed by atoms with E-state index in [-0.39, 0.29) is 22.1 Å². The summed E-state index contributed by atoms with van der Waals surface area (Å²) in [7, 11) is 1.51. The van der Waals surface area contributed by atoms with Crippen molar-refractivity contribution in [1.82, 2.24) is 0 Å². The quantitative estimate of drug-likeness (QED) is 0.306. The Balaban J connectivity index is 1.95. The SMILES string of the molecule is COc1ccc(/C(O)=C2/C(=O)C(=O)N(c3cccc(Cl)c3)C2c2ccc(O)c(Cl)c2)cc1. The smallest absolute Gasteiger partial charge is 0.300 e. The molecule has 0 bridgehead atoms. The van der Waals surface area contributed by atoms with E-state index in [1.807, 2.05) is 0 Å². The van der Waals surface area contributed by atoms with E-state index in [0.717, 1.165) is 0 Å². The Bertz CT molecular complexity index is 1250. The summed E-state index contributed by atoms with van der Waals surface area (Å²) in [5, 5.41) is 21.3. The summed E-state index contributed by atoms with van der Waals surface area (Å²) in [6, 6.07) is 16.3. The van der Waals surface area contributed by atoms with E-state index < -0.39 is 17.7 Å². The van der Waals surface area contributed by atoms with Crippen molar-refractivity contribution in [1.29, 1.82) is 0 Å². The van der Waals surface area contributed by atoms with Gasteiger partial charge in [0.2, 0.25) is 0 Å². The second-order valence-electron chi connectivity index (χ2n) is 7.09. The van der Waals surface area contributed by atoms with Crippen molar-refractivity contribution in [2.24, 2.45) is 0 Å². The first-order chi connectivity index (χ1) is 15.3. The molecule has 1 aliphatic rings. The first-order valence-electron chi connectivity index (χ1n) is 9.51. The maximum atomic E-state index is 13.1. The summed E-state index contributed by atoms with van der Waals surface area (Å²) in [6.07, 6.45) is 0. The fourth-order valence-electron chi connectivity index (χ4n) is 3.64. The molecule has 1 unspecified atom stereocenters. The molecule has 1 heterocycles. The molecule has 0 spiro atoms. The standard InChI is InChI=1S/C24H17Cl2NO5/c1-32-17-8-5-13(6-9-17)22(29)20-21(14-7-10-19(28)18(26)11-14)27(24(31)23(20)30)16-4-2-3-15(25)12-16/h2-12,21,28-29H,1H3/b22-20-. The van der Waals surface area contributed by atoms with Crippen molar-refractivity contribution >= 4 is 46.3 Å². The molecule has 1 atom stereocenters. The van der Waals surface area contributed by atoms with Crippen LogP contribution in [0.1, 0.15) is 17.2 Å². The third-order valence-corrected chi connectivity index (χ3v) is 5.72. The number of methoxy groups -OCH3 is 1. The third-order valence-electron chi connectivity index (χ3n) is 5.18. The van der Waals surface area contributed by atoms with Gasteiger partial charge in [-0.15, -0.1) is 0 Å². The fraction of sp³-hybridized carbons (Fsp3) is 0.0833. The van der Waals surface area contributed by atoms with Crippen molar-refractivity contribution in [3.8, 4) is 11.5 Å². The molecule has 0 aliphatic carbocycles. The molecule has 1 fully saturated rings. The Morgan fingerprint density at radius 3 is 2.34 bits per heavy atom. The van der Waals surface area contributed by atoms with Crippen LogP contribution in [0.3, 0.4) is 0 Å². The van der Waals surface area contributed by atoms with Crippen molar-refractivity contribution in [2.75, 3.05) is 12.0 Å². The van der Waals surface area contributed by atoms with Crippen LogP contribution in [0, 0.1) is 0 Å². The van der Waals surface area contributed by atoms with Crippen LogP contribution in [0.5, 0.6) is 11.5 Å². The zero-order chi connectivity index (χ0) is 23.0. The van der Waals surface area contributed by atoms with Gasteiger partial charge in [0, 0.05) is 16.3 Å². The number of ether oxygens (including phenoxy) is 1. The molecule has 1 amide bonds. The van der Waals surface area contributed by atoms with Gasteiger partial charge in [-0.05, 0) is 60.2 Å². The van der Waals surface area contributed by atoms with Crippen molar-refractivity contribution in [2.45, 2.75) is 6.04 Å². The number of aliphatic hydroxyl groups is 1. The normalized spacial score (nSPS) is 17.6. The lowest BCUT2D eigenvalue weighted by atomic mass is 9.95. The third kappa shape index (κ3) is 3.79. The molecule has 162 valence electrons. The van der Waals surface area contributed by atoms with Crippen LogP contribution in [0.15, 0.2) is 72.3 Å². The minimum absolute atomic E-state index is 0.0450. The van der Waals surface area contributed by atoms with Gasteiger partial charge >= 0.3 is 0 Å². The summed E-state index contributed by atoms with van der Waals surface area (Å²) < 4.78 is 5.14. The molecule has 32 heavy (non-hydrogen) atoms. The minimum Gasteiger partial charge on any atom is -0.507 e. The zero-order valence-corrected chi connectivity index (χ0v) is 18.3. The number of aromatic hydroxyl groups is 1. The van der Waals surface area contributed by atoms with Crippen molar-refractivity contribution in [3.63, 3.8) is 0 Å². The number of phenols is 1. The van der Waals surface area contributed by atoms with E-state index in [1.165, 1.54) is 30.2 Å². The van der Waals surface area contributed by atoms with Crippen LogP contribution in [0.4, 0.5) is 5.69 Å². The lowest BCUT2D eigenvalue weighted by Crippen LogP contribution is -2.29. The van der Waals surface area contributed by atoms with E-state index in [2.05, 4.69) is 0 Å². The predicted molar refractivity (Wildman–Crippen MR) is 122 cm³/mol. The largest absolute Gasteiger partial charge is 0.507 e. The number of phenolic OH excluding ortho intramolecular Hbond substituents is 1.